The Morgan fingerprint density at radius 1 is 0.396 bits per heavy atom. The molecule has 2 saturated heterocycles. The van der Waals surface area contributed by atoms with E-state index in [-0.39, 0.29) is 0 Å². The highest BCUT2D eigenvalue weighted by atomic mass is 16.7. The lowest BCUT2D eigenvalue weighted by Crippen LogP contribution is -2.41. The maximum Gasteiger partial charge on any atom is 0.494 e. The van der Waals surface area contributed by atoms with Gasteiger partial charge in [-0.1, -0.05) is 72.8 Å². The molecule has 0 atom stereocenters. The van der Waals surface area contributed by atoms with Crippen LogP contribution in [0.2, 0.25) is 0 Å². The summed E-state index contributed by atoms with van der Waals surface area (Å²) in [6, 6.07) is 33.5. The summed E-state index contributed by atoms with van der Waals surface area (Å²) in [5, 5.41) is 0. The Bertz CT molecular complexity index is 1610. The summed E-state index contributed by atoms with van der Waals surface area (Å²) in [7, 11) is 2.48. The fraction of sp³-hybridized carbons (Fsp3) is 0.350. The van der Waals surface area contributed by atoms with E-state index in [2.05, 4.69) is 128 Å². The van der Waals surface area contributed by atoms with Crippen LogP contribution in [0.1, 0.15) is 77.6 Å². The van der Waals surface area contributed by atoms with E-state index in [0.717, 1.165) is 55.8 Å². The van der Waals surface area contributed by atoms with Crippen molar-refractivity contribution in [1.29, 1.82) is 0 Å². The lowest BCUT2D eigenvalue weighted by atomic mass is 9.76. The molecule has 6 nitrogen and oxygen atoms in total. The Hall–Kier alpha value is -3.81. The van der Waals surface area contributed by atoms with Gasteiger partial charge in [-0.15, -0.1) is 0 Å². The van der Waals surface area contributed by atoms with E-state index >= 15 is 0 Å². The summed E-state index contributed by atoms with van der Waals surface area (Å²) in [5.74, 6) is 1.60. The highest BCUT2D eigenvalue weighted by Crippen LogP contribution is 2.40. The van der Waals surface area contributed by atoms with Gasteiger partial charge in [-0.05, 0) is 124 Å². The third-order valence-corrected chi connectivity index (χ3v) is 10.5. The van der Waals surface area contributed by atoms with Crippen LogP contribution >= 0.6 is 0 Å². The first-order valence-electron chi connectivity index (χ1n) is 16.6. The number of ether oxygens (including phenoxy) is 2. The third kappa shape index (κ3) is 6.35. The smallest absolute Gasteiger partial charge is 0.494 e. The van der Waals surface area contributed by atoms with Crippen molar-refractivity contribution in [3.8, 4) is 11.5 Å². The maximum absolute atomic E-state index is 6.37. The quantitative estimate of drug-likeness (QED) is 0.148. The molecule has 48 heavy (non-hydrogen) atoms. The molecule has 4 aromatic rings. The van der Waals surface area contributed by atoms with Crippen molar-refractivity contribution >= 4 is 36.3 Å². The Labute approximate surface area is 286 Å². The average molecular weight is 644 g/mol. The summed E-state index contributed by atoms with van der Waals surface area (Å²) >= 11 is 0. The maximum atomic E-state index is 6.37. The second kappa shape index (κ2) is 12.6. The van der Waals surface area contributed by atoms with Crippen LogP contribution in [0.5, 0.6) is 11.5 Å². The standard InChI is InChI=1S/C40H46B2O6/c1-37(2)38(3,4)46-41(45-37)31-19-11-27(12-20-31)35(29-15-23-33(43-9)24-16-29)36(30-17-25-34(44-10)26-18-30)28-13-21-32(22-14-28)42-47-39(5,6)40(7,8)48-42/h11-26H,1-10H3. The number of methoxy groups -OCH3 is 2. The fourth-order valence-electron chi connectivity index (χ4n) is 6.00. The molecule has 2 aliphatic heterocycles. The zero-order valence-corrected chi connectivity index (χ0v) is 29.8. The Kier molecular flexibility index (Phi) is 8.92. The molecule has 8 heteroatoms. The van der Waals surface area contributed by atoms with Gasteiger partial charge in [0.25, 0.3) is 0 Å². The molecular formula is C40H46B2O6. The van der Waals surface area contributed by atoms with Crippen molar-refractivity contribution in [2.75, 3.05) is 14.2 Å². The van der Waals surface area contributed by atoms with E-state index in [1.807, 2.05) is 24.3 Å². The van der Waals surface area contributed by atoms with Crippen LogP contribution in [0.3, 0.4) is 0 Å². The molecule has 6 rings (SSSR count). The van der Waals surface area contributed by atoms with Crippen molar-refractivity contribution in [3.63, 3.8) is 0 Å². The summed E-state index contributed by atoms with van der Waals surface area (Å²) in [5.41, 5.74) is 6.65. The molecule has 0 unspecified atom stereocenters. The van der Waals surface area contributed by atoms with E-state index in [1.54, 1.807) is 14.2 Å². The van der Waals surface area contributed by atoms with Crippen molar-refractivity contribution in [2.45, 2.75) is 77.8 Å². The van der Waals surface area contributed by atoms with Crippen molar-refractivity contribution in [2.24, 2.45) is 0 Å². The van der Waals surface area contributed by atoms with Gasteiger partial charge in [0.1, 0.15) is 11.5 Å². The molecule has 0 radical (unpaired) electrons. The minimum atomic E-state index is -0.443. The molecule has 0 bridgehead atoms. The molecule has 248 valence electrons. The van der Waals surface area contributed by atoms with Crippen LogP contribution in [-0.4, -0.2) is 50.9 Å². The summed E-state index contributed by atoms with van der Waals surface area (Å²) < 4.78 is 36.5. The monoisotopic (exact) mass is 644 g/mol. The molecule has 0 aliphatic carbocycles. The van der Waals surface area contributed by atoms with Gasteiger partial charge in [0.05, 0.1) is 36.6 Å². The van der Waals surface area contributed by atoms with Gasteiger partial charge in [0.2, 0.25) is 0 Å². The van der Waals surface area contributed by atoms with E-state index in [9.17, 15) is 0 Å². The first-order chi connectivity index (χ1) is 22.6. The molecule has 4 aromatic carbocycles. The lowest BCUT2D eigenvalue weighted by Gasteiger charge is -2.32. The zero-order chi connectivity index (χ0) is 34.5. The largest absolute Gasteiger partial charge is 0.497 e. The van der Waals surface area contributed by atoms with E-state index in [4.69, 9.17) is 28.1 Å². The minimum Gasteiger partial charge on any atom is -0.497 e. The topological polar surface area (TPSA) is 55.4 Å². The van der Waals surface area contributed by atoms with Gasteiger partial charge in [-0.2, -0.15) is 0 Å². The molecule has 0 saturated carbocycles. The average Bonchev–Trinajstić information content (AvgIpc) is 3.43. The number of benzene rings is 4. The van der Waals surface area contributed by atoms with Crippen molar-refractivity contribution < 1.29 is 28.1 Å². The van der Waals surface area contributed by atoms with Gasteiger partial charge in [-0.25, -0.2) is 0 Å². The molecule has 0 aromatic heterocycles. The van der Waals surface area contributed by atoms with Crippen molar-refractivity contribution in [1.82, 2.24) is 0 Å². The molecule has 2 fully saturated rings. The minimum absolute atomic E-state index is 0.418. The van der Waals surface area contributed by atoms with Crippen LogP contribution in [0.25, 0.3) is 11.1 Å². The second-order valence-corrected chi connectivity index (χ2v) is 14.6. The Morgan fingerprint density at radius 3 is 0.854 bits per heavy atom. The summed E-state index contributed by atoms with van der Waals surface area (Å²) in [4.78, 5) is 0. The van der Waals surface area contributed by atoms with E-state index in [1.165, 1.54) is 0 Å². The number of rotatable bonds is 8. The molecule has 2 aliphatic rings. The highest BCUT2D eigenvalue weighted by Gasteiger charge is 2.52. The predicted octanol–water partition coefficient (Wildman–Crippen LogP) is 7.31. The molecule has 2 heterocycles. The zero-order valence-electron chi connectivity index (χ0n) is 29.8. The van der Waals surface area contributed by atoms with Crippen molar-refractivity contribution in [3.05, 3.63) is 119 Å². The summed E-state index contributed by atoms with van der Waals surface area (Å²) in [6.07, 6.45) is 0. The number of hydrogen-bond acceptors (Lipinski definition) is 6. The second-order valence-electron chi connectivity index (χ2n) is 14.6. The SMILES string of the molecule is COc1ccc(C(=C(c2ccc(OC)cc2)c2ccc(B3OC(C)(C)C(C)(C)O3)cc2)c2ccc(B3OC(C)(C)C(C)(C)O3)cc2)cc1. The first kappa shape index (κ1) is 34.1. The van der Waals surface area contributed by atoms with Gasteiger partial charge < -0.3 is 28.1 Å². The highest BCUT2D eigenvalue weighted by molar-refractivity contribution is 6.62. The van der Waals surface area contributed by atoms with Crippen LogP contribution < -0.4 is 20.4 Å². The van der Waals surface area contributed by atoms with Gasteiger partial charge >= 0.3 is 14.2 Å². The number of hydrogen-bond donors (Lipinski definition) is 0. The molecule has 0 amide bonds. The van der Waals surface area contributed by atoms with Crippen LogP contribution in [0, 0.1) is 0 Å². The van der Waals surface area contributed by atoms with Crippen LogP contribution in [-0.2, 0) is 18.6 Å². The van der Waals surface area contributed by atoms with Gasteiger partial charge in [-0.3, -0.25) is 0 Å². The molecule has 0 N–H and O–H groups in total. The van der Waals surface area contributed by atoms with Crippen LogP contribution in [0.4, 0.5) is 0 Å². The summed E-state index contributed by atoms with van der Waals surface area (Å²) in [6.45, 7) is 16.6. The van der Waals surface area contributed by atoms with E-state index < -0.39 is 36.6 Å². The Balaban J connectivity index is 1.49. The Morgan fingerprint density at radius 2 is 0.625 bits per heavy atom. The van der Waals surface area contributed by atoms with Gasteiger partial charge in [0.15, 0.2) is 0 Å². The normalized spacial score (nSPS) is 19.6. The van der Waals surface area contributed by atoms with E-state index in [0.29, 0.717) is 0 Å². The predicted molar refractivity (Wildman–Crippen MR) is 195 cm³/mol. The lowest BCUT2D eigenvalue weighted by molar-refractivity contribution is 0.00578. The molecular weight excluding hydrogens is 598 g/mol. The fourth-order valence-corrected chi connectivity index (χ4v) is 6.00. The van der Waals surface area contributed by atoms with Crippen LogP contribution in [0.15, 0.2) is 97.1 Å². The van der Waals surface area contributed by atoms with Gasteiger partial charge in [0, 0.05) is 0 Å². The first-order valence-corrected chi connectivity index (χ1v) is 16.6. The third-order valence-electron chi connectivity index (χ3n) is 10.5. The molecule has 0 spiro atoms.